The summed E-state index contributed by atoms with van der Waals surface area (Å²) in [5.41, 5.74) is 3.67. The predicted octanol–water partition coefficient (Wildman–Crippen LogP) is 5.70. The van der Waals surface area contributed by atoms with Gasteiger partial charge >= 0.3 is 0 Å². The quantitative estimate of drug-likeness (QED) is 0.358. The van der Waals surface area contributed by atoms with Crippen LogP contribution in [0.3, 0.4) is 0 Å². The fraction of sp³-hybridized carbons (Fsp3) is 0.407. The third-order valence-electron chi connectivity index (χ3n) is 6.05. The van der Waals surface area contributed by atoms with Crippen LogP contribution in [0.15, 0.2) is 41.6 Å². The number of hydrogen-bond donors (Lipinski definition) is 0. The van der Waals surface area contributed by atoms with Gasteiger partial charge in [0.15, 0.2) is 5.69 Å². The minimum absolute atomic E-state index is 0.192. The van der Waals surface area contributed by atoms with Crippen LogP contribution in [0, 0.1) is 5.92 Å². The topological polar surface area (TPSA) is 86.7 Å². The average molecular weight is 509 g/mol. The van der Waals surface area contributed by atoms with E-state index in [2.05, 4.69) is 31.0 Å². The summed E-state index contributed by atoms with van der Waals surface area (Å²) in [5.74, 6) is 2.77. The highest BCUT2D eigenvalue weighted by molar-refractivity contribution is 7.99. The summed E-state index contributed by atoms with van der Waals surface area (Å²) in [4.78, 5) is 19.5. The predicted molar refractivity (Wildman–Crippen MR) is 141 cm³/mol. The Morgan fingerprint density at radius 2 is 1.94 bits per heavy atom. The molecule has 0 radical (unpaired) electrons. The van der Waals surface area contributed by atoms with Crippen molar-refractivity contribution >= 4 is 23.4 Å². The van der Waals surface area contributed by atoms with Gasteiger partial charge in [-0.2, -0.15) is 4.98 Å². The van der Waals surface area contributed by atoms with Gasteiger partial charge in [0.05, 0.1) is 25.5 Å². The Hall–Kier alpha value is -3.33. The first kappa shape index (κ1) is 25.8. The van der Waals surface area contributed by atoms with Crippen LogP contribution in [0.25, 0.3) is 11.3 Å². The highest BCUT2D eigenvalue weighted by atomic mass is 32.2. The summed E-state index contributed by atoms with van der Waals surface area (Å²) in [6, 6.07) is 11.4. The molecule has 0 unspecified atom stereocenters. The van der Waals surface area contributed by atoms with E-state index in [0.717, 1.165) is 29.7 Å². The average Bonchev–Trinajstić information content (AvgIpc) is 3.01. The summed E-state index contributed by atoms with van der Waals surface area (Å²) < 4.78 is 17.6. The van der Waals surface area contributed by atoms with Gasteiger partial charge in [-0.25, -0.2) is 0 Å². The molecule has 0 saturated carbocycles. The Morgan fingerprint density at radius 3 is 2.61 bits per heavy atom. The third kappa shape index (κ3) is 5.26. The van der Waals surface area contributed by atoms with E-state index in [1.54, 1.807) is 43.0 Å². The maximum absolute atomic E-state index is 13.1. The number of aromatic nitrogens is 3. The van der Waals surface area contributed by atoms with Gasteiger partial charge in [0.25, 0.3) is 0 Å². The molecule has 1 aromatic heterocycles. The van der Waals surface area contributed by atoms with Crippen LogP contribution >= 0.6 is 11.8 Å². The van der Waals surface area contributed by atoms with Crippen LogP contribution in [0.5, 0.6) is 17.4 Å². The van der Waals surface area contributed by atoms with Crippen molar-refractivity contribution in [1.29, 1.82) is 0 Å². The molecule has 0 N–H and O–H groups in total. The molecule has 36 heavy (non-hydrogen) atoms. The fourth-order valence-corrected chi connectivity index (χ4v) is 5.07. The summed E-state index contributed by atoms with van der Waals surface area (Å²) in [5, 5.41) is 9.46. The van der Waals surface area contributed by atoms with Gasteiger partial charge in [-0.1, -0.05) is 38.6 Å². The van der Waals surface area contributed by atoms with Crippen LogP contribution in [0.4, 0.5) is 5.69 Å². The first-order chi connectivity index (χ1) is 17.4. The molecule has 0 spiro atoms. The van der Waals surface area contributed by atoms with Crippen molar-refractivity contribution in [2.24, 2.45) is 5.92 Å². The second kappa shape index (κ2) is 11.2. The SMILES string of the molecule is CCc1ccc2c(c1)-c1nnc(SCCC(C)C)nc1O[C@@H](c1cc(OC)ccc1OC)N2C(C)=O. The van der Waals surface area contributed by atoms with Crippen molar-refractivity contribution in [2.45, 2.75) is 51.9 Å². The standard InChI is InChI=1S/C27H32N4O4S/c1-7-18-8-10-22-20(14-18)24-25(28-27(30-29-24)36-13-12-16(2)3)35-26(31(22)17(4)32)21-15-19(33-5)9-11-23(21)34-6/h8-11,14-16,26H,7,12-13H2,1-6H3/t26-/m0/s1. The molecular formula is C27H32N4O4S. The highest BCUT2D eigenvalue weighted by Gasteiger charge is 2.36. The molecule has 0 bridgehead atoms. The molecule has 8 nitrogen and oxygen atoms in total. The first-order valence-electron chi connectivity index (χ1n) is 12.0. The van der Waals surface area contributed by atoms with Crippen molar-refractivity contribution in [3.8, 4) is 28.6 Å². The molecule has 3 aromatic rings. The second-order valence-corrected chi connectivity index (χ2v) is 10.0. The molecule has 0 saturated heterocycles. The molecular weight excluding hydrogens is 476 g/mol. The van der Waals surface area contributed by atoms with E-state index in [1.165, 1.54) is 6.92 Å². The molecule has 190 valence electrons. The molecule has 1 atom stereocenters. The largest absolute Gasteiger partial charge is 0.497 e. The maximum Gasteiger partial charge on any atom is 0.247 e. The zero-order valence-electron chi connectivity index (χ0n) is 21.6. The number of amides is 1. The number of fused-ring (bicyclic) bond motifs is 3. The number of benzene rings is 2. The Balaban J connectivity index is 1.91. The number of rotatable bonds is 8. The summed E-state index contributed by atoms with van der Waals surface area (Å²) in [6.45, 7) is 7.97. The van der Waals surface area contributed by atoms with E-state index in [4.69, 9.17) is 19.2 Å². The highest BCUT2D eigenvalue weighted by Crippen LogP contribution is 2.46. The normalized spacial score (nSPS) is 14.5. The maximum atomic E-state index is 13.1. The van der Waals surface area contributed by atoms with Crippen molar-refractivity contribution in [2.75, 3.05) is 24.9 Å². The summed E-state index contributed by atoms with van der Waals surface area (Å²) in [6.07, 6.45) is 1.02. The number of hydrogen-bond acceptors (Lipinski definition) is 8. The van der Waals surface area contributed by atoms with Crippen LogP contribution < -0.4 is 19.1 Å². The molecule has 2 heterocycles. The fourth-order valence-electron chi connectivity index (χ4n) is 4.05. The zero-order valence-corrected chi connectivity index (χ0v) is 22.4. The number of carbonyl (C=O) groups is 1. The molecule has 0 fully saturated rings. The number of ether oxygens (including phenoxy) is 3. The van der Waals surface area contributed by atoms with Gasteiger partial charge in [0.1, 0.15) is 11.5 Å². The molecule has 0 aliphatic carbocycles. The lowest BCUT2D eigenvalue weighted by Gasteiger charge is -2.31. The molecule has 1 aliphatic rings. The number of anilines is 1. The number of nitrogens with zero attached hydrogens (tertiary/aromatic N) is 4. The Morgan fingerprint density at radius 1 is 1.14 bits per heavy atom. The lowest BCUT2D eigenvalue weighted by atomic mass is 10.0. The zero-order chi connectivity index (χ0) is 25.8. The van der Waals surface area contributed by atoms with E-state index in [1.807, 2.05) is 24.3 Å². The number of aryl methyl sites for hydroxylation is 1. The Labute approximate surface area is 216 Å². The molecule has 4 rings (SSSR count). The molecule has 1 aliphatic heterocycles. The van der Waals surface area contributed by atoms with Crippen molar-refractivity contribution in [3.05, 3.63) is 47.5 Å². The lowest BCUT2D eigenvalue weighted by molar-refractivity contribution is -0.118. The van der Waals surface area contributed by atoms with Gasteiger partial charge in [-0.15, -0.1) is 10.2 Å². The minimum Gasteiger partial charge on any atom is -0.497 e. The van der Waals surface area contributed by atoms with Crippen LogP contribution in [0.1, 0.15) is 51.5 Å². The van der Waals surface area contributed by atoms with E-state index < -0.39 is 6.23 Å². The smallest absolute Gasteiger partial charge is 0.247 e. The second-order valence-electron chi connectivity index (χ2n) is 8.95. The van der Waals surface area contributed by atoms with Crippen molar-refractivity contribution < 1.29 is 19.0 Å². The van der Waals surface area contributed by atoms with E-state index >= 15 is 0 Å². The Bertz CT molecular complexity index is 1250. The van der Waals surface area contributed by atoms with Crippen LogP contribution in [0.2, 0.25) is 0 Å². The van der Waals surface area contributed by atoms with Crippen LogP contribution in [-0.2, 0) is 11.2 Å². The lowest BCUT2D eigenvalue weighted by Crippen LogP contribution is -2.36. The van der Waals surface area contributed by atoms with Gasteiger partial charge in [-0.3, -0.25) is 9.69 Å². The van der Waals surface area contributed by atoms with Gasteiger partial charge in [0.2, 0.25) is 23.2 Å². The first-order valence-corrected chi connectivity index (χ1v) is 13.0. The van der Waals surface area contributed by atoms with Gasteiger partial charge in [-0.05, 0) is 54.7 Å². The van der Waals surface area contributed by atoms with E-state index in [9.17, 15) is 4.79 Å². The summed E-state index contributed by atoms with van der Waals surface area (Å²) in [7, 11) is 3.18. The molecule has 1 amide bonds. The molecule has 2 aromatic carbocycles. The van der Waals surface area contributed by atoms with Crippen molar-refractivity contribution in [1.82, 2.24) is 15.2 Å². The minimum atomic E-state index is -0.856. The number of methoxy groups -OCH3 is 2. The van der Waals surface area contributed by atoms with Gasteiger partial charge in [0, 0.05) is 18.2 Å². The monoisotopic (exact) mass is 508 g/mol. The van der Waals surface area contributed by atoms with Crippen molar-refractivity contribution in [3.63, 3.8) is 0 Å². The number of carbonyl (C=O) groups excluding carboxylic acids is 1. The summed E-state index contributed by atoms with van der Waals surface area (Å²) >= 11 is 1.55. The van der Waals surface area contributed by atoms with E-state index in [-0.39, 0.29) is 5.91 Å². The number of thioether (sulfide) groups is 1. The Kier molecular flexibility index (Phi) is 7.98. The third-order valence-corrected chi connectivity index (χ3v) is 6.92. The van der Waals surface area contributed by atoms with Gasteiger partial charge < -0.3 is 14.2 Å². The molecule has 9 heteroatoms. The van der Waals surface area contributed by atoms with E-state index in [0.29, 0.717) is 45.4 Å². The van der Waals surface area contributed by atoms with Crippen LogP contribution in [-0.4, -0.2) is 41.1 Å².